The summed E-state index contributed by atoms with van der Waals surface area (Å²) in [5.41, 5.74) is 0.0490. The van der Waals surface area contributed by atoms with Crippen molar-refractivity contribution >= 4 is 5.52 Å². The van der Waals surface area contributed by atoms with Crippen LogP contribution in [0.4, 0.5) is 0 Å². The number of hydrogen-bond donors (Lipinski definition) is 0. The highest BCUT2D eigenvalue weighted by Crippen LogP contribution is 1.90. The van der Waals surface area contributed by atoms with Gasteiger partial charge >= 0.3 is 0 Å². The van der Waals surface area contributed by atoms with Gasteiger partial charge in [0, 0.05) is 25.5 Å². The second-order valence-electron chi connectivity index (χ2n) is 2.83. The van der Waals surface area contributed by atoms with Crippen LogP contribution in [0.1, 0.15) is 0 Å². The summed E-state index contributed by atoms with van der Waals surface area (Å²) in [6, 6.07) is 4.63. The summed E-state index contributed by atoms with van der Waals surface area (Å²) in [5, 5.41) is 0. The van der Waals surface area contributed by atoms with Crippen molar-refractivity contribution in [3.8, 4) is 0 Å². The van der Waals surface area contributed by atoms with E-state index in [1.165, 1.54) is 15.0 Å². The van der Waals surface area contributed by atoms with Crippen LogP contribution in [-0.2, 0) is 7.05 Å². The van der Waals surface area contributed by atoms with Gasteiger partial charge in [-0.1, -0.05) is 6.07 Å². The normalized spacial score (nSPS) is 10.5. The largest absolute Gasteiger partial charge is 0.315 e. The van der Waals surface area contributed by atoms with Gasteiger partial charge in [-0.15, -0.1) is 0 Å². The van der Waals surface area contributed by atoms with Crippen LogP contribution in [0, 0.1) is 0 Å². The fraction of sp³-hybridized carbons (Fsp3) is 0.111. The Morgan fingerprint density at radius 2 is 1.92 bits per heavy atom. The second-order valence-corrected chi connectivity index (χ2v) is 2.83. The van der Waals surface area contributed by atoms with Gasteiger partial charge in [-0.3, -0.25) is 14.0 Å². The van der Waals surface area contributed by atoms with Crippen LogP contribution in [0.2, 0.25) is 0 Å². The maximum atomic E-state index is 11.5. The Balaban J connectivity index is 3.12. The zero-order valence-corrected chi connectivity index (χ0v) is 7.10. The number of aryl methyl sites for hydroxylation is 1. The monoisotopic (exact) mass is 176 g/mol. The SMILES string of the molecule is Cn1ccn2c(=O)cccc2c1=O. The zero-order valence-electron chi connectivity index (χ0n) is 7.10. The molecule has 0 spiro atoms. The third kappa shape index (κ3) is 1.07. The number of pyridine rings is 1. The molecule has 2 aromatic rings. The first-order valence-electron chi connectivity index (χ1n) is 3.87. The minimum Gasteiger partial charge on any atom is -0.315 e. The third-order valence-electron chi connectivity index (χ3n) is 1.97. The average molecular weight is 176 g/mol. The first kappa shape index (κ1) is 7.79. The molecule has 0 bridgehead atoms. The van der Waals surface area contributed by atoms with Crippen LogP contribution in [-0.4, -0.2) is 8.97 Å². The van der Waals surface area contributed by atoms with E-state index < -0.39 is 0 Å². The second kappa shape index (κ2) is 2.58. The van der Waals surface area contributed by atoms with Gasteiger partial charge in [-0.2, -0.15) is 0 Å². The Kier molecular flexibility index (Phi) is 1.55. The van der Waals surface area contributed by atoms with Crippen molar-refractivity contribution in [1.82, 2.24) is 8.97 Å². The Hall–Kier alpha value is -1.84. The molecule has 66 valence electrons. The quantitative estimate of drug-likeness (QED) is 0.567. The summed E-state index contributed by atoms with van der Waals surface area (Å²) in [7, 11) is 1.65. The van der Waals surface area contributed by atoms with Gasteiger partial charge in [0.1, 0.15) is 5.52 Å². The molecule has 4 heteroatoms. The minimum absolute atomic E-state index is 0.166. The van der Waals surface area contributed by atoms with Crippen LogP contribution in [0.25, 0.3) is 5.52 Å². The van der Waals surface area contributed by atoms with Crippen molar-refractivity contribution < 1.29 is 0 Å². The Morgan fingerprint density at radius 1 is 1.15 bits per heavy atom. The van der Waals surface area contributed by atoms with E-state index in [0.717, 1.165) is 0 Å². The van der Waals surface area contributed by atoms with E-state index in [-0.39, 0.29) is 11.1 Å². The Labute approximate surface area is 73.7 Å². The molecule has 0 amide bonds. The Bertz CT molecular complexity index is 566. The summed E-state index contributed by atoms with van der Waals surface area (Å²) in [5.74, 6) is 0. The van der Waals surface area contributed by atoms with E-state index in [0.29, 0.717) is 5.52 Å². The molecule has 0 N–H and O–H groups in total. The highest BCUT2D eigenvalue weighted by molar-refractivity contribution is 5.43. The van der Waals surface area contributed by atoms with Crippen LogP contribution in [0.5, 0.6) is 0 Å². The highest BCUT2D eigenvalue weighted by Gasteiger charge is 1.99. The molecule has 0 aliphatic heterocycles. The lowest BCUT2D eigenvalue weighted by atomic mass is 10.4. The molecule has 0 aromatic carbocycles. The molecule has 0 atom stereocenters. The maximum absolute atomic E-state index is 11.5. The van der Waals surface area contributed by atoms with Crippen LogP contribution >= 0.6 is 0 Å². The molecule has 13 heavy (non-hydrogen) atoms. The van der Waals surface area contributed by atoms with Crippen molar-refractivity contribution in [1.29, 1.82) is 0 Å². The highest BCUT2D eigenvalue weighted by atomic mass is 16.1. The number of hydrogen-bond acceptors (Lipinski definition) is 2. The molecule has 2 rings (SSSR count). The fourth-order valence-electron chi connectivity index (χ4n) is 1.24. The first-order chi connectivity index (χ1) is 6.20. The van der Waals surface area contributed by atoms with Gasteiger partial charge < -0.3 is 4.57 Å². The van der Waals surface area contributed by atoms with Crippen molar-refractivity contribution in [2.24, 2.45) is 7.05 Å². The molecule has 2 aromatic heterocycles. The zero-order chi connectivity index (χ0) is 9.42. The molecule has 0 unspecified atom stereocenters. The molecule has 2 heterocycles. The van der Waals surface area contributed by atoms with E-state index in [4.69, 9.17) is 0 Å². The molecule has 0 saturated heterocycles. The van der Waals surface area contributed by atoms with E-state index in [1.807, 2.05) is 0 Å². The molecule has 4 nitrogen and oxygen atoms in total. The lowest BCUT2D eigenvalue weighted by Gasteiger charge is -2.00. The van der Waals surface area contributed by atoms with Crippen LogP contribution in [0.3, 0.4) is 0 Å². The Morgan fingerprint density at radius 3 is 2.69 bits per heavy atom. The summed E-state index contributed by atoms with van der Waals surface area (Å²) in [6.45, 7) is 0. The van der Waals surface area contributed by atoms with Gasteiger partial charge in [-0.25, -0.2) is 0 Å². The van der Waals surface area contributed by atoms with Crippen molar-refractivity contribution in [2.75, 3.05) is 0 Å². The predicted octanol–water partition coefficient (Wildman–Crippen LogP) is -0.00180. The fourth-order valence-corrected chi connectivity index (χ4v) is 1.24. The van der Waals surface area contributed by atoms with E-state index in [2.05, 4.69) is 0 Å². The molecule has 0 fully saturated rings. The van der Waals surface area contributed by atoms with Gasteiger partial charge in [0.25, 0.3) is 11.1 Å². The summed E-state index contributed by atoms with van der Waals surface area (Å²) < 4.78 is 2.77. The van der Waals surface area contributed by atoms with Crippen molar-refractivity contribution in [3.05, 3.63) is 51.3 Å². The van der Waals surface area contributed by atoms with Crippen LogP contribution in [0.15, 0.2) is 40.2 Å². The third-order valence-corrected chi connectivity index (χ3v) is 1.97. The standard InChI is InChI=1S/C9H8N2O2/c1-10-5-6-11-7(9(10)13)3-2-4-8(11)12/h2-6H,1H3. The molecule has 0 aliphatic carbocycles. The molecular formula is C9H8N2O2. The van der Waals surface area contributed by atoms with E-state index >= 15 is 0 Å². The predicted molar refractivity (Wildman–Crippen MR) is 48.9 cm³/mol. The van der Waals surface area contributed by atoms with Gasteiger partial charge in [0.15, 0.2) is 0 Å². The molecular weight excluding hydrogens is 168 g/mol. The number of rotatable bonds is 0. The van der Waals surface area contributed by atoms with E-state index in [9.17, 15) is 9.59 Å². The maximum Gasteiger partial charge on any atom is 0.274 e. The summed E-state index contributed by atoms with van der Waals surface area (Å²) in [6.07, 6.45) is 3.15. The molecule has 0 aliphatic rings. The summed E-state index contributed by atoms with van der Waals surface area (Å²) >= 11 is 0. The topological polar surface area (TPSA) is 43.5 Å². The van der Waals surface area contributed by atoms with Crippen LogP contribution < -0.4 is 11.1 Å². The number of nitrogens with zero attached hydrogens (tertiary/aromatic N) is 2. The van der Waals surface area contributed by atoms with Crippen molar-refractivity contribution in [2.45, 2.75) is 0 Å². The average Bonchev–Trinajstić information content (AvgIpc) is 2.12. The molecule has 0 saturated carbocycles. The minimum atomic E-state index is -0.185. The smallest absolute Gasteiger partial charge is 0.274 e. The van der Waals surface area contributed by atoms with Gasteiger partial charge in [-0.05, 0) is 6.07 Å². The van der Waals surface area contributed by atoms with Crippen molar-refractivity contribution in [3.63, 3.8) is 0 Å². The lowest BCUT2D eigenvalue weighted by Crippen LogP contribution is -2.23. The molecule has 0 radical (unpaired) electrons. The number of fused-ring (bicyclic) bond motifs is 1. The lowest BCUT2D eigenvalue weighted by molar-refractivity contribution is 0.838. The van der Waals surface area contributed by atoms with Gasteiger partial charge in [0.05, 0.1) is 0 Å². The van der Waals surface area contributed by atoms with E-state index in [1.54, 1.807) is 31.6 Å². The summed E-state index contributed by atoms with van der Waals surface area (Å²) in [4.78, 5) is 22.7. The van der Waals surface area contributed by atoms with Gasteiger partial charge in [0.2, 0.25) is 0 Å². The first-order valence-corrected chi connectivity index (χ1v) is 3.87. The number of aromatic nitrogens is 2.